The lowest BCUT2D eigenvalue weighted by Gasteiger charge is -2.22. The largest absolute Gasteiger partial charge is 0.476 e. The van der Waals surface area contributed by atoms with E-state index in [-0.39, 0.29) is 23.9 Å². The normalized spacial score (nSPS) is 18.6. The van der Waals surface area contributed by atoms with Crippen LogP contribution in [-0.2, 0) is 9.59 Å². The van der Waals surface area contributed by atoms with Gasteiger partial charge in [0, 0.05) is 17.2 Å². The van der Waals surface area contributed by atoms with Crippen molar-refractivity contribution in [3.63, 3.8) is 0 Å². The van der Waals surface area contributed by atoms with Gasteiger partial charge in [-0.2, -0.15) is 5.10 Å². The van der Waals surface area contributed by atoms with E-state index in [0.717, 1.165) is 0 Å². The highest BCUT2D eigenvalue weighted by Crippen LogP contribution is 2.31. The molecular weight excluding hydrogens is 274 g/mol. The van der Waals surface area contributed by atoms with E-state index in [1.54, 1.807) is 18.2 Å². The standard InChI is InChI=1S/C14H11N3O4/c18-11-5-4-9(13(19)16-11)7-2-1-3-8-10(7)6-15-17-12(8)14(20)21/h1-3,6,9H,4-5H2,(H,20,21)(H,16,18,19). The number of aromatic carboxylic acids is 1. The van der Waals surface area contributed by atoms with Gasteiger partial charge in [0.1, 0.15) is 0 Å². The van der Waals surface area contributed by atoms with Crippen LogP contribution < -0.4 is 5.32 Å². The van der Waals surface area contributed by atoms with Crippen molar-refractivity contribution in [3.8, 4) is 0 Å². The first-order valence-electron chi connectivity index (χ1n) is 6.39. The number of benzene rings is 1. The molecule has 2 heterocycles. The average Bonchev–Trinajstić information content (AvgIpc) is 2.46. The van der Waals surface area contributed by atoms with Crippen molar-refractivity contribution in [1.82, 2.24) is 15.5 Å². The van der Waals surface area contributed by atoms with Crippen LogP contribution in [-0.4, -0.2) is 33.1 Å². The highest BCUT2D eigenvalue weighted by molar-refractivity contribution is 6.06. The summed E-state index contributed by atoms with van der Waals surface area (Å²) in [6.07, 6.45) is 2.10. The van der Waals surface area contributed by atoms with Crippen LogP contribution in [0.2, 0.25) is 0 Å². The Morgan fingerprint density at radius 2 is 2.10 bits per heavy atom. The van der Waals surface area contributed by atoms with Gasteiger partial charge in [0.2, 0.25) is 11.8 Å². The highest BCUT2D eigenvalue weighted by atomic mass is 16.4. The van der Waals surface area contributed by atoms with Crippen molar-refractivity contribution >= 4 is 28.6 Å². The first-order chi connectivity index (χ1) is 10.1. The second-order valence-electron chi connectivity index (χ2n) is 4.81. The van der Waals surface area contributed by atoms with Crippen LogP contribution in [0.4, 0.5) is 0 Å². The van der Waals surface area contributed by atoms with Gasteiger partial charge in [-0.15, -0.1) is 5.10 Å². The van der Waals surface area contributed by atoms with Crippen molar-refractivity contribution < 1.29 is 19.5 Å². The van der Waals surface area contributed by atoms with Crippen molar-refractivity contribution in [2.45, 2.75) is 18.8 Å². The van der Waals surface area contributed by atoms with Crippen molar-refractivity contribution in [2.24, 2.45) is 0 Å². The maximum absolute atomic E-state index is 12.0. The molecule has 0 radical (unpaired) electrons. The monoisotopic (exact) mass is 285 g/mol. The predicted molar refractivity (Wildman–Crippen MR) is 71.6 cm³/mol. The van der Waals surface area contributed by atoms with E-state index in [1.165, 1.54) is 6.20 Å². The zero-order valence-corrected chi connectivity index (χ0v) is 10.9. The number of nitrogens with one attached hydrogen (secondary N) is 1. The first kappa shape index (κ1) is 13.2. The molecule has 1 unspecified atom stereocenters. The molecule has 1 aliphatic rings. The molecule has 0 aliphatic carbocycles. The van der Waals surface area contributed by atoms with Gasteiger partial charge in [-0.05, 0) is 12.0 Å². The van der Waals surface area contributed by atoms with Gasteiger partial charge in [0.25, 0.3) is 0 Å². The molecule has 0 spiro atoms. The molecule has 7 nitrogen and oxygen atoms in total. The third-order valence-corrected chi connectivity index (χ3v) is 3.56. The number of imide groups is 1. The minimum atomic E-state index is -1.17. The number of carbonyl (C=O) groups excluding carboxylic acids is 2. The molecular formula is C14H11N3O4. The van der Waals surface area contributed by atoms with Crippen LogP contribution in [0.15, 0.2) is 24.4 Å². The molecule has 1 aromatic carbocycles. The number of hydrogen-bond donors (Lipinski definition) is 2. The summed E-state index contributed by atoms with van der Waals surface area (Å²) in [6.45, 7) is 0. The molecule has 1 fully saturated rings. The van der Waals surface area contributed by atoms with E-state index < -0.39 is 11.9 Å². The van der Waals surface area contributed by atoms with Gasteiger partial charge >= 0.3 is 5.97 Å². The number of piperidine rings is 1. The number of aromatic nitrogens is 2. The molecule has 21 heavy (non-hydrogen) atoms. The fourth-order valence-corrected chi connectivity index (χ4v) is 2.58. The van der Waals surface area contributed by atoms with Crippen LogP contribution in [0.3, 0.4) is 0 Å². The number of carboxylic acids is 1. The van der Waals surface area contributed by atoms with Gasteiger partial charge in [-0.1, -0.05) is 18.2 Å². The molecule has 7 heteroatoms. The zero-order chi connectivity index (χ0) is 15.0. The molecule has 2 amide bonds. The minimum Gasteiger partial charge on any atom is -0.476 e. The third kappa shape index (κ3) is 2.22. The van der Waals surface area contributed by atoms with Crippen LogP contribution in [0, 0.1) is 0 Å². The smallest absolute Gasteiger partial charge is 0.357 e. The summed E-state index contributed by atoms with van der Waals surface area (Å²) in [6, 6.07) is 5.05. The molecule has 2 N–H and O–H groups in total. The molecule has 1 saturated heterocycles. The molecule has 0 bridgehead atoms. The van der Waals surface area contributed by atoms with Crippen LogP contribution >= 0.6 is 0 Å². The van der Waals surface area contributed by atoms with Gasteiger partial charge in [0.15, 0.2) is 5.69 Å². The summed E-state index contributed by atoms with van der Waals surface area (Å²) < 4.78 is 0. The lowest BCUT2D eigenvalue weighted by molar-refractivity contribution is -0.134. The molecule has 1 aromatic heterocycles. The van der Waals surface area contributed by atoms with E-state index in [2.05, 4.69) is 15.5 Å². The van der Waals surface area contributed by atoms with Crippen molar-refractivity contribution in [3.05, 3.63) is 35.7 Å². The topological polar surface area (TPSA) is 109 Å². The van der Waals surface area contributed by atoms with E-state index in [4.69, 9.17) is 5.11 Å². The Morgan fingerprint density at radius 1 is 1.29 bits per heavy atom. The Labute approximate surface area is 119 Å². The van der Waals surface area contributed by atoms with Gasteiger partial charge in [-0.25, -0.2) is 4.79 Å². The second kappa shape index (κ2) is 4.93. The Morgan fingerprint density at radius 3 is 2.81 bits per heavy atom. The number of fused-ring (bicyclic) bond motifs is 1. The number of rotatable bonds is 2. The summed E-state index contributed by atoms with van der Waals surface area (Å²) in [5.41, 5.74) is 0.511. The number of hydrogen-bond acceptors (Lipinski definition) is 5. The first-order valence-corrected chi connectivity index (χ1v) is 6.39. The molecule has 1 atom stereocenters. The minimum absolute atomic E-state index is 0.151. The molecule has 0 saturated carbocycles. The third-order valence-electron chi connectivity index (χ3n) is 3.56. The van der Waals surface area contributed by atoms with E-state index in [9.17, 15) is 14.4 Å². The lowest BCUT2D eigenvalue weighted by atomic mass is 9.87. The van der Waals surface area contributed by atoms with Crippen LogP contribution in [0.5, 0.6) is 0 Å². The van der Waals surface area contributed by atoms with Gasteiger partial charge in [-0.3, -0.25) is 14.9 Å². The fraction of sp³-hybridized carbons (Fsp3) is 0.214. The predicted octanol–water partition coefficient (Wildman–Crippen LogP) is 0.848. The summed E-state index contributed by atoms with van der Waals surface area (Å²) >= 11 is 0. The van der Waals surface area contributed by atoms with E-state index >= 15 is 0 Å². The van der Waals surface area contributed by atoms with Crippen LogP contribution in [0.1, 0.15) is 34.8 Å². The van der Waals surface area contributed by atoms with Crippen molar-refractivity contribution in [2.75, 3.05) is 0 Å². The number of carboxylic acid groups (broad SMARTS) is 1. The SMILES string of the molecule is O=C1CCC(c2cccc3c(C(=O)O)nncc23)C(=O)N1. The molecule has 3 rings (SSSR count). The Hall–Kier alpha value is -2.83. The zero-order valence-electron chi connectivity index (χ0n) is 10.9. The number of amides is 2. The van der Waals surface area contributed by atoms with E-state index in [1.807, 2.05) is 0 Å². The maximum atomic E-state index is 12.0. The van der Waals surface area contributed by atoms with Crippen molar-refractivity contribution in [1.29, 1.82) is 0 Å². The maximum Gasteiger partial charge on any atom is 0.357 e. The van der Waals surface area contributed by atoms with E-state index in [0.29, 0.717) is 22.8 Å². The average molecular weight is 285 g/mol. The quantitative estimate of drug-likeness (QED) is 0.792. The Kier molecular flexibility index (Phi) is 3.09. The number of nitrogens with zero attached hydrogens (tertiary/aromatic N) is 2. The van der Waals surface area contributed by atoms with Gasteiger partial charge < -0.3 is 5.11 Å². The lowest BCUT2D eigenvalue weighted by Crippen LogP contribution is -2.39. The second-order valence-corrected chi connectivity index (χ2v) is 4.81. The van der Waals surface area contributed by atoms with Gasteiger partial charge in [0.05, 0.1) is 12.1 Å². The summed E-state index contributed by atoms with van der Waals surface area (Å²) in [4.78, 5) is 34.4. The van der Waals surface area contributed by atoms with Crippen LogP contribution in [0.25, 0.3) is 10.8 Å². The fourth-order valence-electron chi connectivity index (χ4n) is 2.58. The highest BCUT2D eigenvalue weighted by Gasteiger charge is 2.29. The summed E-state index contributed by atoms with van der Waals surface area (Å²) in [5, 5.41) is 19.8. The number of carbonyl (C=O) groups is 3. The summed E-state index contributed by atoms with van der Waals surface area (Å²) in [5.74, 6) is -2.32. The molecule has 1 aliphatic heterocycles. The summed E-state index contributed by atoms with van der Waals surface area (Å²) in [7, 11) is 0. The molecule has 106 valence electrons. The molecule has 2 aromatic rings. The Balaban J connectivity index is 2.16. The Bertz CT molecular complexity index is 772.